The van der Waals surface area contributed by atoms with Crippen LogP contribution in [0.4, 0.5) is 4.39 Å². The number of ether oxygens (including phenoxy) is 1. The molecule has 4 atom stereocenters. The summed E-state index contributed by atoms with van der Waals surface area (Å²) in [6.45, 7) is 1.62. The summed E-state index contributed by atoms with van der Waals surface area (Å²) < 4.78 is 19.5. The maximum atomic E-state index is 13.2. The molecule has 1 aliphatic carbocycles. The maximum absolute atomic E-state index is 13.2. The molecule has 3 nitrogen and oxygen atoms in total. The Hall–Kier alpha value is -2.35. The highest BCUT2D eigenvalue weighted by molar-refractivity contribution is 5.46. The number of hydrogen-bond acceptors (Lipinski definition) is 3. The zero-order valence-corrected chi connectivity index (χ0v) is 16.9. The highest BCUT2D eigenvalue weighted by Gasteiger charge is 2.29. The minimum Gasteiger partial charge on any atom is -0.490 e. The summed E-state index contributed by atoms with van der Waals surface area (Å²) in [4.78, 5) is 0. The Morgan fingerprint density at radius 2 is 1.86 bits per heavy atom. The van der Waals surface area contributed by atoms with Gasteiger partial charge >= 0.3 is 0 Å². The monoisotopic (exact) mass is 396 g/mol. The predicted octanol–water partition coefficient (Wildman–Crippen LogP) is 4.06. The van der Waals surface area contributed by atoms with Gasteiger partial charge in [-0.05, 0) is 54.5 Å². The summed E-state index contributed by atoms with van der Waals surface area (Å²) in [6.07, 6.45) is 7.05. The van der Waals surface area contributed by atoms with E-state index < -0.39 is 12.3 Å². The molecule has 0 bridgehead atoms. The van der Waals surface area contributed by atoms with Crippen LogP contribution in [0.1, 0.15) is 48.4 Å². The van der Waals surface area contributed by atoms with Crippen LogP contribution in [-0.2, 0) is 12.8 Å². The number of aliphatic hydroxyl groups excluding tert-OH is 2. The molecule has 0 aromatic heterocycles. The van der Waals surface area contributed by atoms with E-state index >= 15 is 0 Å². The highest BCUT2D eigenvalue weighted by atomic mass is 19.1. The van der Waals surface area contributed by atoms with E-state index in [1.54, 1.807) is 6.92 Å². The summed E-state index contributed by atoms with van der Waals surface area (Å²) in [5.41, 5.74) is 3.84. The second kappa shape index (κ2) is 9.91. The minimum atomic E-state index is -0.856. The molecular formula is C25H29FO3. The predicted molar refractivity (Wildman–Crippen MR) is 113 cm³/mol. The van der Waals surface area contributed by atoms with Crippen molar-refractivity contribution in [2.75, 3.05) is 6.61 Å². The average molecular weight is 397 g/mol. The molecule has 4 unspecified atom stereocenters. The molecule has 29 heavy (non-hydrogen) atoms. The Bertz CT molecular complexity index is 838. The summed E-state index contributed by atoms with van der Waals surface area (Å²) in [5, 5.41) is 19.6. The van der Waals surface area contributed by atoms with Crippen molar-refractivity contribution in [2.45, 2.75) is 57.4 Å². The van der Waals surface area contributed by atoms with E-state index in [2.05, 4.69) is 5.92 Å². The van der Waals surface area contributed by atoms with Crippen molar-refractivity contribution in [1.29, 1.82) is 0 Å². The molecule has 2 N–H and O–H groups in total. The van der Waals surface area contributed by atoms with E-state index in [0.717, 1.165) is 28.0 Å². The van der Waals surface area contributed by atoms with Crippen molar-refractivity contribution >= 4 is 0 Å². The summed E-state index contributed by atoms with van der Waals surface area (Å²) in [7, 11) is 0. The van der Waals surface area contributed by atoms with Crippen molar-refractivity contribution in [3.8, 4) is 18.1 Å². The van der Waals surface area contributed by atoms with Crippen LogP contribution in [0.5, 0.6) is 5.75 Å². The SMILES string of the molecule is C#Cc1ccc(Cc2ccc(CC(C)F)cc2)c(OC2CC(O)CC(CO)C2)c1. The normalized spacial score (nSPS) is 22.7. The third-order valence-corrected chi connectivity index (χ3v) is 5.46. The molecule has 3 rings (SSSR count). The molecule has 0 spiro atoms. The van der Waals surface area contributed by atoms with Gasteiger partial charge in [-0.3, -0.25) is 0 Å². The number of benzene rings is 2. The zero-order valence-electron chi connectivity index (χ0n) is 16.9. The molecule has 1 saturated carbocycles. The number of terminal acetylenes is 1. The molecule has 0 heterocycles. The van der Waals surface area contributed by atoms with Gasteiger partial charge in [-0.2, -0.15) is 0 Å². The topological polar surface area (TPSA) is 49.7 Å². The molecule has 1 aliphatic rings. The number of aliphatic hydroxyl groups is 2. The fourth-order valence-electron chi connectivity index (χ4n) is 4.01. The number of halogens is 1. The van der Waals surface area contributed by atoms with Gasteiger partial charge in [0.25, 0.3) is 0 Å². The molecular weight excluding hydrogens is 367 g/mol. The van der Waals surface area contributed by atoms with Crippen molar-refractivity contribution in [3.05, 3.63) is 64.7 Å². The Balaban J connectivity index is 1.77. The molecule has 0 aliphatic heterocycles. The first-order valence-electron chi connectivity index (χ1n) is 10.2. The van der Waals surface area contributed by atoms with Gasteiger partial charge in [0.2, 0.25) is 0 Å². The van der Waals surface area contributed by atoms with Crippen LogP contribution in [0.25, 0.3) is 0 Å². The first kappa shape index (κ1) is 21.4. The molecule has 2 aromatic rings. The molecule has 154 valence electrons. The van der Waals surface area contributed by atoms with Crippen LogP contribution in [-0.4, -0.2) is 35.2 Å². The molecule has 0 radical (unpaired) electrons. The van der Waals surface area contributed by atoms with Gasteiger partial charge < -0.3 is 14.9 Å². The standard InChI is InChI=1S/C25H29FO3/c1-3-18-8-9-22(11-20-6-4-19(5-7-20)10-17(2)26)25(14-18)29-24-13-21(16-27)12-23(28)15-24/h1,4-9,14,17,21,23-24,27-28H,10-13,15-16H2,2H3. The average Bonchev–Trinajstić information content (AvgIpc) is 2.69. The fraction of sp³-hybridized carbons (Fsp3) is 0.440. The summed E-state index contributed by atoms with van der Waals surface area (Å²) in [6, 6.07) is 13.7. The Labute approximate surface area is 172 Å². The van der Waals surface area contributed by atoms with E-state index in [0.29, 0.717) is 32.1 Å². The quantitative estimate of drug-likeness (QED) is 0.694. The maximum Gasteiger partial charge on any atom is 0.124 e. The molecule has 0 amide bonds. The van der Waals surface area contributed by atoms with Crippen LogP contribution in [0, 0.1) is 18.3 Å². The van der Waals surface area contributed by atoms with Gasteiger partial charge in [-0.1, -0.05) is 36.3 Å². The first-order valence-corrected chi connectivity index (χ1v) is 10.2. The molecule has 0 saturated heterocycles. The van der Waals surface area contributed by atoms with E-state index in [1.165, 1.54) is 0 Å². The van der Waals surface area contributed by atoms with Crippen LogP contribution < -0.4 is 4.74 Å². The largest absolute Gasteiger partial charge is 0.490 e. The van der Waals surface area contributed by atoms with Gasteiger partial charge in [0, 0.05) is 31.4 Å². The number of rotatable bonds is 7. The van der Waals surface area contributed by atoms with E-state index in [4.69, 9.17) is 11.2 Å². The van der Waals surface area contributed by atoms with E-state index in [1.807, 2.05) is 42.5 Å². The van der Waals surface area contributed by atoms with Gasteiger partial charge in [0.05, 0.1) is 6.10 Å². The second-order valence-corrected chi connectivity index (χ2v) is 8.09. The second-order valence-electron chi connectivity index (χ2n) is 8.09. The van der Waals surface area contributed by atoms with Gasteiger partial charge in [0.15, 0.2) is 0 Å². The summed E-state index contributed by atoms with van der Waals surface area (Å²) in [5.74, 6) is 3.41. The Morgan fingerprint density at radius 1 is 1.14 bits per heavy atom. The lowest BCUT2D eigenvalue weighted by Gasteiger charge is -2.32. The van der Waals surface area contributed by atoms with Gasteiger partial charge in [0.1, 0.15) is 18.0 Å². The van der Waals surface area contributed by atoms with Crippen molar-refractivity contribution < 1.29 is 19.3 Å². The number of hydrogen-bond donors (Lipinski definition) is 2. The summed E-state index contributed by atoms with van der Waals surface area (Å²) >= 11 is 0. The lowest BCUT2D eigenvalue weighted by Crippen LogP contribution is -2.35. The smallest absolute Gasteiger partial charge is 0.124 e. The Morgan fingerprint density at radius 3 is 2.52 bits per heavy atom. The van der Waals surface area contributed by atoms with Gasteiger partial charge in [-0.15, -0.1) is 6.42 Å². The third-order valence-electron chi connectivity index (χ3n) is 5.46. The van der Waals surface area contributed by atoms with E-state index in [9.17, 15) is 14.6 Å². The van der Waals surface area contributed by atoms with E-state index in [-0.39, 0.29) is 18.6 Å². The highest BCUT2D eigenvalue weighted by Crippen LogP contribution is 2.31. The zero-order chi connectivity index (χ0) is 20.8. The van der Waals surface area contributed by atoms with Crippen LogP contribution in [0.15, 0.2) is 42.5 Å². The fourth-order valence-corrected chi connectivity index (χ4v) is 4.01. The Kier molecular flexibility index (Phi) is 7.30. The lowest BCUT2D eigenvalue weighted by molar-refractivity contribution is 0.0103. The van der Waals surface area contributed by atoms with Crippen molar-refractivity contribution in [2.24, 2.45) is 5.92 Å². The first-order chi connectivity index (χ1) is 14.0. The van der Waals surface area contributed by atoms with Gasteiger partial charge in [-0.25, -0.2) is 4.39 Å². The van der Waals surface area contributed by atoms with Crippen LogP contribution in [0.3, 0.4) is 0 Å². The lowest BCUT2D eigenvalue weighted by atomic mass is 9.85. The molecule has 4 heteroatoms. The molecule has 1 fully saturated rings. The van der Waals surface area contributed by atoms with Crippen molar-refractivity contribution in [1.82, 2.24) is 0 Å². The van der Waals surface area contributed by atoms with Crippen LogP contribution >= 0.6 is 0 Å². The van der Waals surface area contributed by atoms with Crippen LogP contribution in [0.2, 0.25) is 0 Å². The third kappa shape index (κ3) is 6.06. The molecule has 2 aromatic carbocycles. The van der Waals surface area contributed by atoms with Crippen molar-refractivity contribution in [3.63, 3.8) is 0 Å². The minimum absolute atomic E-state index is 0.0495. The number of alkyl halides is 1.